The summed E-state index contributed by atoms with van der Waals surface area (Å²) in [7, 11) is 0. The molecule has 26 heavy (non-hydrogen) atoms. The van der Waals surface area contributed by atoms with Gasteiger partial charge in [-0.05, 0) is 32.0 Å². The Hall–Kier alpha value is -1.99. The summed E-state index contributed by atoms with van der Waals surface area (Å²) in [6.45, 7) is 9.10. The van der Waals surface area contributed by atoms with Crippen molar-refractivity contribution in [2.24, 2.45) is 0 Å². The van der Waals surface area contributed by atoms with E-state index in [1.807, 2.05) is 9.80 Å². The van der Waals surface area contributed by atoms with Gasteiger partial charge in [0.2, 0.25) is 5.91 Å². The van der Waals surface area contributed by atoms with Crippen molar-refractivity contribution < 1.29 is 14.0 Å². The maximum absolute atomic E-state index is 14.3. The highest BCUT2D eigenvalue weighted by Gasteiger charge is 2.26. The number of carbonyl (C=O) groups excluding carboxylic acids is 2. The molecule has 0 bridgehead atoms. The van der Waals surface area contributed by atoms with Crippen molar-refractivity contribution in [2.45, 2.75) is 19.9 Å². The average molecular weight is 362 g/mol. The molecule has 1 N–H and O–H groups in total. The molecular formula is C19H27FN4O2. The van der Waals surface area contributed by atoms with E-state index in [9.17, 15) is 14.0 Å². The number of rotatable bonds is 4. The fourth-order valence-corrected chi connectivity index (χ4v) is 3.57. The summed E-state index contributed by atoms with van der Waals surface area (Å²) in [5.74, 6) is -0.383. The molecule has 0 saturated carbocycles. The zero-order chi connectivity index (χ0) is 18.7. The molecule has 2 saturated heterocycles. The van der Waals surface area contributed by atoms with Crippen LogP contribution in [0.25, 0.3) is 0 Å². The van der Waals surface area contributed by atoms with Crippen molar-refractivity contribution in [1.82, 2.24) is 15.1 Å². The first kappa shape index (κ1) is 18.8. The number of halogens is 1. The Labute approximate surface area is 153 Å². The molecule has 2 aliphatic heterocycles. The third kappa shape index (κ3) is 4.22. The van der Waals surface area contributed by atoms with Gasteiger partial charge in [0.25, 0.3) is 0 Å². The monoisotopic (exact) mass is 362 g/mol. The summed E-state index contributed by atoms with van der Waals surface area (Å²) < 4.78 is 14.3. The Balaban J connectivity index is 1.55. The minimum Gasteiger partial charge on any atom is -0.366 e. The maximum atomic E-state index is 14.3. The van der Waals surface area contributed by atoms with E-state index in [1.54, 1.807) is 12.1 Å². The lowest BCUT2D eigenvalue weighted by molar-refractivity contribution is -0.133. The SMILES string of the molecule is CC(=O)c1ccc(N2CCN(C(=O)CN3CCNC[C@H]3C)CC2)c(F)c1. The van der Waals surface area contributed by atoms with Crippen molar-refractivity contribution in [2.75, 3.05) is 57.3 Å². The van der Waals surface area contributed by atoms with Crippen LogP contribution >= 0.6 is 0 Å². The first-order chi connectivity index (χ1) is 12.5. The highest BCUT2D eigenvalue weighted by molar-refractivity contribution is 5.94. The van der Waals surface area contributed by atoms with Gasteiger partial charge in [0.1, 0.15) is 5.82 Å². The molecule has 0 aromatic heterocycles. The molecule has 0 radical (unpaired) electrons. The van der Waals surface area contributed by atoms with E-state index >= 15 is 0 Å². The first-order valence-electron chi connectivity index (χ1n) is 9.23. The third-order valence-electron chi connectivity index (χ3n) is 5.30. The summed E-state index contributed by atoms with van der Waals surface area (Å²) in [6.07, 6.45) is 0. The summed E-state index contributed by atoms with van der Waals surface area (Å²) in [5.41, 5.74) is 0.878. The Bertz CT molecular complexity index is 674. The van der Waals surface area contributed by atoms with Gasteiger partial charge in [-0.3, -0.25) is 14.5 Å². The quantitative estimate of drug-likeness (QED) is 0.809. The molecule has 1 aromatic carbocycles. The highest BCUT2D eigenvalue weighted by Crippen LogP contribution is 2.22. The number of ketones is 1. The molecule has 0 spiro atoms. The van der Waals surface area contributed by atoms with Crippen LogP contribution in [0.4, 0.5) is 10.1 Å². The Morgan fingerprint density at radius 2 is 1.92 bits per heavy atom. The number of nitrogens with one attached hydrogen (secondary N) is 1. The summed E-state index contributed by atoms with van der Waals surface area (Å²) in [6, 6.07) is 4.97. The minimum atomic E-state index is -0.382. The smallest absolute Gasteiger partial charge is 0.236 e. The largest absolute Gasteiger partial charge is 0.366 e. The van der Waals surface area contributed by atoms with Gasteiger partial charge >= 0.3 is 0 Å². The predicted octanol–water partition coefficient (Wildman–Crippen LogP) is 0.971. The fourth-order valence-electron chi connectivity index (χ4n) is 3.57. The topological polar surface area (TPSA) is 55.9 Å². The van der Waals surface area contributed by atoms with E-state index in [0.29, 0.717) is 50.0 Å². The van der Waals surface area contributed by atoms with E-state index in [4.69, 9.17) is 0 Å². The van der Waals surface area contributed by atoms with Crippen LogP contribution in [0.3, 0.4) is 0 Å². The number of anilines is 1. The molecule has 1 atom stereocenters. The molecule has 1 aromatic rings. The Morgan fingerprint density at radius 3 is 2.54 bits per heavy atom. The van der Waals surface area contributed by atoms with Crippen LogP contribution in [-0.4, -0.2) is 79.9 Å². The molecule has 6 nitrogen and oxygen atoms in total. The molecule has 1 amide bonds. The van der Waals surface area contributed by atoms with E-state index in [2.05, 4.69) is 17.1 Å². The molecule has 0 unspecified atom stereocenters. The van der Waals surface area contributed by atoms with Crippen molar-refractivity contribution >= 4 is 17.4 Å². The number of amides is 1. The van der Waals surface area contributed by atoms with Gasteiger partial charge in [0, 0.05) is 57.4 Å². The van der Waals surface area contributed by atoms with Crippen molar-refractivity contribution in [3.8, 4) is 0 Å². The second-order valence-corrected chi connectivity index (χ2v) is 7.11. The van der Waals surface area contributed by atoms with E-state index in [-0.39, 0.29) is 17.5 Å². The van der Waals surface area contributed by atoms with Gasteiger partial charge in [-0.1, -0.05) is 0 Å². The van der Waals surface area contributed by atoms with E-state index < -0.39 is 0 Å². The molecule has 7 heteroatoms. The first-order valence-corrected chi connectivity index (χ1v) is 9.23. The van der Waals surface area contributed by atoms with Crippen LogP contribution in [0.5, 0.6) is 0 Å². The van der Waals surface area contributed by atoms with Crippen molar-refractivity contribution in [3.63, 3.8) is 0 Å². The van der Waals surface area contributed by atoms with Gasteiger partial charge in [-0.2, -0.15) is 0 Å². The maximum Gasteiger partial charge on any atom is 0.236 e. The van der Waals surface area contributed by atoms with Crippen LogP contribution < -0.4 is 10.2 Å². The zero-order valence-corrected chi connectivity index (χ0v) is 15.5. The second kappa shape index (κ2) is 8.14. The number of carbonyl (C=O) groups is 2. The Kier molecular flexibility index (Phi) is 5.88. The lowest BCUT2D eigenvalue weighted by atomic mass is 10.1. The zero-order valence-electron chi connectivity index (χ0n) is 15.5. The van der Waals surface area contributed by atoms with Gasteiger partial charge in [0.05, 0.1) is 12.2 Å². The van der Waals surface area contributed by atoms with E-state index in [1.165, 1.54) is 13.0 Å². The van der Waals surface area contributed by atoms with Crippen LogP contribution in [0.1, 0.15) is 24.2 Å². The van der Waals surface area contributed by atoms with Crippen molar-refractivity contribution in [3.05, 3.63) is 29.6 Å². The molecule has 2 aliphatic rings. The molecule has 2 heterocycles. The van der Waals surface area contributed by atoms with Gasteiger partial charge in [-0.25, -0.2) is 4.39 Å². The lowest BCUT2D eigenvalue weighted by Crippen LogP contribution is -2.55. The summed E-state index contributed by atoms with van der Waals surface area (Å²) >= 11 is 0. The minimum absolute atomic E-state index is 0.144. The standard InChI is InChI=1S/C19H27FN4O2/c1-14-12-21-5-6-24(14)13-19(26)23-9-7-22(8-10-23)18-4-3-16(15(2)25)11-17(18)20/h3-4,11,14,21H,5-10,12-13H2,1-2H3/t14-/m1/s1. The summed E-state index contributed by atoms with van der Waals surface area (Å²) in [4.78, 5) is 30.0. The predicted molar refractivity (Wildman–Crippen MR) is 99.1 cm³/mol. The van der Waals surface area contributed by atoms with Gasteiger partial charge in [0.15, 0.2) is 5.78 Å². The molecule has 2 fully saturated rings. The number of nitrogens with zero attached hydrogens (tertiary/aromatic N) is 3. The molecule has 142 valence electrons. The average Bonchev–Trinajstić information content (AvgIpc) is 2.63. The van der Waals surface area contributed by atoms with Crippen LogP contribution in [-0.2, 0) is 4.79 Å². The number of Topliss-reactive ketones (excluding diaryl/α,β-unsaturated/α-hetero) is 1. The lowest BCUT2D eigenvalue weighted by Gasteiger charge is -2.39. The Morgan fingerprint density at radius 1 is 1.19 bits per heavy atom. The van der Waals surface area contributed by atoms with Crippen LogP contribution in [0.15, 0.2) is 18.2 Å². The third-order valence-corrected chi connectivity index (χ3v) is 5.30. The van der Waals surface area contributed by atoms with Gasteiger partial charge in [-0.15, -0.1) is 0 Å². The van der Waals surface area contributed by atoms with Gasteiger partial charge < -0.3 is 15.1 Å². The highest BCUT2D eigenvalue weighted by atomic mass is 19.1. The number of piperazine rings is 2. The number of hydrogen-bond donors (Lipinski definition) is 1. The van der Waals surface area contributed by atoms with E-state index in [0.717, 1.165) is 19.6 Å². The van der Waals surface area contributed by atoms with Crippen LogP contribution in [0, 0.1) is 5.82 Å². The molecule has 0 aliphatic carbocycles. The molecule has 3 rings (SSSR count). The normalized spacial score (nSPS) is 21.7. The molecular weight excluding hydrogens is 335 g/mol. The fraction of sp³-hybridized carbons (Fsp3) is 0.579. The number of hydrogen-bond acceptors (Lipinski definition) is 5. The van der Waals surface area contributed by atoms with Crippen molar-refractivity contribution in [1.29, 1.82) is 0 Å². The summed E-state index contributed by atoms with van der Waals surface area (Å²) in [5, 5.41) is 3.33. The second-order valence-electron chi connectivity index (χ2n) is 7.11. The number of benzene rings is 1. The van der Waals surface area contributed by atoms with Crippen LogP contribution in [0.2, 0.25) is 0 Å².